The molecule has 116 valence electrons. The zero-order chi connectivity index (χ0) is 14.5. The Hall–Kier alpha value is -0.570. The third-order valence-electron chi connectivity index (χ3n) is 4.89. The van der Waals surface area contributed by atoms with Crippen LogP contribution in [0.25, 0.3) is 0 Å². The molecule has 3 heteroatoms. The molecule has 2 fully saturated rings. The van der Waals surface area contributed by atoms with Gasteiger partial charge < -0.3 is 4.90 Å². The first kappa shape index (κ1) is 15.8. The molecule has 1 amide bonds. The predicted octanol–water partition coefficient (Wildman–Crippen LogP) is 3.54. The average molecular weight is 280 g/mol. The second-order valence-electron chi connectivity index (χ2n) is 7.07. The summed E-state index contributed by atoms with van der Waals surface area (Å²) in [6.07, 6.45) is 10.0. The topological polar surface area (TPSA) is 32.3 Å². The molecular formula is C17H32N2O. The first-order chi connectivity index (χ1) is 9.63. The molecule has 2 unspecified atom stereocenters. The Morgan fingerprint density at radius 2 is 2.00 bits per heavy atom. The summed E-state index contributed by atoms with van der Waals surface area (Å²) in [6, 6.07) is 0.0876. The first-order valence-corrected chi connectivity index (χ1v) is 8.70. The normalized spacial score (nSPS) is 28.0. The van der Waals surface area contributed by atoms with Gasteiger partial charge in [-0.15, -0.1) is 0 Å². The molecule has 0 aromatic heterocycles. The molecule has 0 aromatic rings. The standard InChI is InChI=1S/C17H32N2O/c1-4-8-15-17(20)19(12-7-9-13(2)3)16(18-15)14-10-5-6-11-14/h13-16,18H,4-12H2,1-3H3. The molecular weight excluding hydrogens is 248 g/mol. The third kappa shape index (κ3) is 3.75. The van der Waals surface area contributed by atoms with Gasteiger partial charge in [0.1, 0.15) is 0 Å². The molecule has 1 aliphatic heterocycles. The van der Waals surface area contributed by atoms with Crippen LogP contribution in [0.1, 0.15) is 72.1 Å². The fraction of sp³-hybridized carbons (Fsp3) is 0.941. The van der Waals surface area contributed by atoms with Gasteiger partial charge in [-0.25, -0.2) is 0 Å². The van der Waals surface area contributed by atoms with E-state index in [0.717, 1.165) is 31.7 Å². The van der Waals surface area contributed by atoms with E-state index in [1.54, 1.807) is 0 Å². The van der Waals surface area contributed by atoms with Gasteiger partial charge in [0, 0.05) is 6.54 Å². The fourth-order valence-electron chi connectivity index (χ4n) is 3.78. The predicted molar refractivity (Wildman–Crippen MR) is 83.4 cm³/mol. The summed E-state index contributed by atoms with van der Waals surface area (Å²) in [5, 5.41) is 3.65. The molecule has 2 aliphatic rings. The van der Waals surface area contributed by atoms with E-state index < -0.39 is 0 Å². The number of carbonyl (C=O) groups is 1. The minimum atomic E-state index is 0.0876. The maximum absolute atomic E-state index is 12.6. The Kier molecular flexibility index (Phi) is 5.88. The van der Waals surface area contributed by atoms with Crippen LogP contribution in [0, 0.1) is 11.8 Å². The molecule has 0 bridgehead atoms. The van der Waals surface area contributed by atoms with Crippen molar-refractivity contribution in [1.82, 2.24) is 10.2 Å². The van der Waals surface area contributed by atoms with E-state index in [4.69, 9.17) is 0 Å². The summed E-state index contributed by atoms with van der Waals surface area (Å²) in [5.41, 5.74) is 0. The first-order valence-electron chi connectivity index (χ1n) is 8.70. The summed E-state index contributed by atoms with van der Waals surface area (Å²) < 4.78 is 0. The van der Waals surface area contributed by atoms with Crippen LogP contribution < -0.4 is 5.32 Å². The molecule has 3 nitrogen and oxygen atoms in total. The maximum atomic E-state index is 12.6. The number of rotatable bonds is 7. The summed E-state index contributed by atoms with van der Waals surface area (Å²) >= 11 is 0. The van der Waals surface area contributed by atoms with Crippen LogP contribution in [-0.2, 0) is 4.79 Å². The lowest BCUT2D eigenvalue weighted by atomic mass is 10.0. The lowest BCUT2D eigenvalue weighted by Gasteiger charge is -2.29. The van der Waals surface area contributed by atoms with E-state index in [0.29, 0.717) is 18.0 Å². The van der Waals surface area contributed by atoms with Crippen molar-refractivity contribution in [3.8, 4) is 0 Å². The van der Waals surface area contributed by atoms with Crippen LogP contribution in [0.15, 0.2) is 0 Å². The average Bonchev–Trinajstić information content (AvgIpc) is 3.01. The number of hydrogen-bond donors (Lipinski definition) is 1. The van der Waals surface area contributed by atoms with Crippen molar-refractivity contribution in [2.45, 2.75) is 84.3 Å². The van der Waals surface area contributed by atoms with E-state index in [-0.39, 0.29) is 6.04 Å². The largest absolute Gasteiger partial charge is 0.326 e. The molecule has 1 saturated carbocycles. The molecule has 1 N–H and O–H groups in total. The van der Waals surface area contributed by atoms with Crippen LogP contribution in [0.2, 0.25) is 0 Å². The van der Waals surface area contributed by atoms with Crippen LogP contribution in [-0.4, -0.2) is 29.6 Å². The lowest BCUT2D eigenvalue weighted by Crippen LogP contribution is -2.43. The summed E-state index contributed by atoms with van der Waals surface area (Å²) in [6.45, 7) is 7.64. The molecule has 20 heavy (non-hydrogen) atoms. The van der Waals surface area contributed by atoms with Crippen LogP contribution >= 0.6 is 0 Å². The molecule has 1 aliphatic carbocycles. The fourth-order valence-corrected chi connectivity index (χ4v) is 3.78. The summed E-state index contributed by atoms with van der Waals surface area (Å²) in [5.74, 6) is 1.80. The van der Waals surface area contributed by atoms with Crippen molar-refractivity contribution in [3.63, 3.8) is 0 Å². The molecule has 0 radical (unpaired) electrons. The van der Waals surface area contributed by atoms with Crippen molar-refractivity contribution >= 4 is 5.91 Å². The molecule has 2 atom stereocenters. The number of hydrogen-bond acceptors (Lipinski definition) is 2. The smallest absolute Gasteiger partial charge is 0.241 e. The van der Waals surface area contributed by atoms with Crippen LogP contribution in [0.3, 0.4) is 0 Å². The number of nitrogens with one attached hydrogen (secondary N) is 1. The lowest BCUT2D eigenvalue weighted by molar-refractivity contribution is -0.130. The minimum Gasteiger partial charge on any atom is -0.326 e. The van der Waals surface area contributed by atoms with E-state index >= 15 is 0 Å². The summed E-state index contributed by atoms with van der Waals surface area (Å²) in [4.78, 5) is 14.8. The Balaban J connectivity index is 1.96. The van der Waals surface area contributed by atoms with E-state index in [1.165, 1.54) is 32.1 Å². The Bertz CT molecular complexity index is 310. The van der Waals surface area contributed by atoms with E-state index in [2.05, 4.69) is 31.0 Å². The highest BCUT2D eigenvalue weighted by molar-refractivity contribution is 5.84. The van der Waals surface area contributed by atoms with Crippen LogP contribution in [0.4, 0.5) is 0 Å². The zero-order valence-electron chi connectivity index (χ0n) is 13.5. The van der Waals surface area contributed by atoms with Gasteiger partial charge in [0.25, 0.3) is 0 Å². The zero-order valence-corrected chi connectivity index (χ0v) is 13.5. The minimum absolute atomic E-state index is 0.0876. The molecule has 0 spiro atoms. The molecule has 0 aromatic carbocycles. The van der Waals surface area contributed by atoms with Crippen molar-refractivity contribution in [2.24, 2.45) is 11.8 Å². The highest BCUT2D eigenvalue weighted by atomic mass is 16.2. The van der Waals surface area contributed by atoms with Gasteiger partial charge in [0.15, 0.2) is 0 Å². The van der Waals surface area contributed by atoms with Crippen LogP contribution in [0.5, 0.6) is 0 Å². The number of amides is 1. The Morgan fingerprint density at radius 3 is 2.60 bits per heavy atom. The monoisotopic (exact) mass is 280 g/mol. The van der Waals surface area contributed by atoms with Crippen molar-refractivity contribution in [1.29, 1.82) is 0 Å². The van der Waals surface area contributed by atoms with Crippen molar-refractivity contribution in [3.05, 3.63) is 0 Å². The van der Waals surface area contributed by atoms with E-state index in [1.807, 2.05) is 0 Å². The van der Waals surface area contributed by atoms with Gasteiger partial charge >= 0.3 is 0 Å². The van der Waals surface area contributed by atoms with Gasteiger partial charge in [-0.3, -0.25) is 10.1 Å². The molecule has 1 saturated heterocycles. The third-order valence-corrected chi connectivity index (χ3v) is 4.89. The van der Waals surface area contributed by atoms with Gasteiger partial charge in [-0.05, 0) is 43.9 Å². The Labute approximate surface area is 124 Å². The van der Waals surface area contributed by atoms with Gasteiger partial charge in [0.2, 0.25) is 5.91 Å². The second kappa shape index (κ2) is 7.44. The summed E-state index contributed by atoms with van der Waals surface area (Å²) in [7, 11) is 0. The Morgan fingerprint density at radius 1 is 1.30 bits per heavy atom. The van der Waals surface area contributed by atoms with Gasteiger partial charge in [-0.1, -0.05) is 40.0 Å². The van der Waals surface area contributed by atoms with E-state index in [9.17, 15) is 4.79 Å². The number of carbonyl (C=O) groups excluding carboxylic acids is 1. The van der Waals surface area contributed by atoms with Crippen molar-refractivity contribution in [2.75, 3.05) is 6.54 Å². The molecule has 1 heterocycles. The van der Waals surface area contributed by atoms with Gasteiger partial charge in [0.05, 0.1) is 12.2 Å². The highest BCUT2D eigenvalue weighted by Gasteiger charge is 2.42. The highest BCUT2D eigenvalue weighted by Crippen LogP contribution is 2.32. The quantitative estimate of drug-likeness (QED) is 0.773. The van der Waals surface area contributed by atoms with Gasteiger partial charge in [-0.2, -0.15) is 0 Å². The maximum Gasteiger partial charge on any atom is 0.241 e. The number of nitrogens with zero attached hydrogens (tertiary/aromatic N) is 1. The van der Waals surface area contributed by atoms with Crippen molar-refractivity contribution < 1.29 is 4.79 Å². The molecule has 2 rings (SSSR count). The SMILES string of the molecule is CCCC1NC(C2CCCC2)N(CCCC(C)C)C1=O. The second-order valence-corrected chi connectivity index (χ2v) is 7.07.